The summed E-state index contributed by atoms with van der Waals surface area (Å²) in [7, 11) is 0. The van der Waals surface area contributed by atoms with Gasteiger partial charge in [0.15, 0.2) is 0 Å². The molecule has 76 valence electrons. The molecule has 2 rings (SSSR count). The average molecular weight is 257 g/mol. The van der Waals surface area contributed by atoms with Crippen LogP contribution in [0.25, 0.3) is 0 Å². The molecule has 0 radical (unpaired) electrons. The second kappa shape index (κ2) is 4.43. The smallest absolute Gasteiger partial charge is 0.104 e. The van der Waals surface area contributed by atoms with E-state index in [0.717, 1.165) is 11.1 Å². The highest BCUT2D eigenvalue weighted by molar-refractivity contribution is 9.10. The van der Waals surface area contributed by atoms with Gasteiger partial charge in [-0.3, -0.25) is 0 Å². The van der Waals surface area contributed by atoms with E-state index in [9.17, 15) is 0 Å². The number of rotatable bonds is 4. The lowest BCUT2D eigenvalue weighted by Crippen LogP contribution is -2.05. The molecule has 0 bridgehead atoms. The van der Waals surface area contributed by atoms with E-state index in [1.54, 1.807) is 0 Å². The predicted octanol–water partition coefficient (Wildman–Crippen LogP) is 2.93. The third-order valence-electron chi connectivity index (χ3n) is 2.25. The molecule has 0 aromatic heterocycles. The van der Waals surface area contributed by atoms with Crippen LogP contribution >= 0.6 is 15.9 Å². The van der Waals surface area contributed by atoms with E-state index < -0.39 is 0 Å². The predicted molar refractivity (Wildman–Crippen MR) is 58.2 cm³/mol. The SMILES string of the molecule is C[C@H](OC[C@H]1CO1)c1cccc(Br)c1. The summed E-state index contributed by atoms with van der Waals surface area (Å²) in [5.41, 5.74) is 1.19. The minimum absolute atomic E-state index is 0.136. The van der Waals surface area contributed by atoms with E-state index >= 15 is 0 Å². The minimum Gasteiger partial charge on any atom is -0.371 e. The molecule has 0 aliphatic carbocycles. The molecule has 1 fully saturated rings. The van der Waals surface area contributed by atoms with Gasteiger partial charge in [-0.05, 0) is 24.6 Å². The summed E-state index contributed by atoms with van der Waals surface area (Å²) >= 11 is 3.44. The number of epoxide rings is 1. The van der Waals surface area contributed by atoms with Gasteiger partial charge in [-0.2, -0.15) is 0 Å². The molecule has 1 aromatic carbocycles. The summed E-state index contributed by atoms with van der Waals surface area (Å²) in [6.07, 6.45) is 0.473. The molecule has 1 heterocycles. The average Bonchev–Trinajstić information content (AvgIpc) is 2.97. The van der Waals surface area contributed by atoms with Crippen LogP contribution in [0.2, 0.25) is 0 Å². The molecule has 3 heteroatoms. The normalized spacial score (nSPS) is 22.0. The molecule has 2 nitrogen and oxygen atoms in total. The van der Waals surface area contributed by atoms with Crippen LogP contribution in [0, 0.1) is 0 Å². The molecular formula is C11H13BrO2. The number of halogens is 1. The van der Waals surface area contributed by atoms with Crippen LogP contribution in [0.1, 0.15) is 18.6 Å². The summed E-state index contributed by atoms with van der Waals surface area (Å²) in [5.74, 6) is 0. The van der Waals surface area contributed by atoms with Crippen molar-refractivity contribution in [1.29, 1.82) is 0 Å². The maximum Gasteiger partial charge on any atom is 0.104 e. The Balaban J connectivity index is 1.91. The number of hydrogen-bond acceptors (Lipinski definition) is 2. The van der Waals surface area contributed by atoms with Crippen LogP contribution in [0.4, 0.5) is 0 Å². The zero-order chi connectivity index (χ0) is 9.97. The molecule has 0 spiro atoms. The van der Waals surface area contributed by atoms with Crippen LogP contribution in [-0.4, -0.2) is 19.3 Å². The Bertz CT molecular complexity index is 310. The first-order valence-electron chi connectivity index (χ1n) is 4.74. The number of hydrogen-bond donors (Lipinski definition) is 0. The van der Waals surface area contributed by atoms with E-state index in [2.05, 4.69) is 35.0 Å². The van der Waals surface area contributed by atoms with E-state index in [0.29, 0.717) is 12.7 Å². The van der Waals surface area contributed by atoms with Gasteiger partial charge in [0.2, 0.25) is 0 Å². The molecule has 1 aromatic rings. The molecule has 14 heavy (non-hydrogen) atoms. The number of ether oxygens (including phenoxy) is 2. The van der Waals surface area contributed by atoms with Gasteiger partial charge >= 0.3 is 0 Å². The van der Waals surface area contributed by atoms with Gasteiger partial charge < -0.3 is 9.47 Å². The van der Waals surface area contributed by atoms with Crippen LogP contribution in [0.3, 0.4) is 0 Å². The third-order valence-corrected chi connectivity index (χ3v) is 2.75. The molecule has 0 amide bonds. The van der Waals surface area contributed by atoms with Crippen molar-refractivity contribution in [2.75, 3.05) is 13.2 Å². The van der Waals surface area contributed by atoms with Crippen LogP contribution in [0.5, 0.6) is 0 Å². The molecule has 0 N–H and O–H groups in total. The summed E-state index contributed by atoms with van der Waals surface area (Å²) in [5, 5.41) is 0. The van der Waals surface area contributed by atoms with Crippen molar-refractivity contribution in [3.05, 3.63) is 34.3 Å². The van der Waals surface area contributed by atoms with Crippen molar-refractivity contribution in [2.45, 2.75) is 19.1 Å². The summed E-state index contributed by atoms with van der Waals surface area (Å²) in [4.78, 5) is 0. The highest BCUT2D eigenvalue weighted by Crippen LogP contribution is 2.22. The Hall–Kier alpha value is -0.380. The van der Waals surface area contributed by atoms with Gasteiger partial charge in [-0.1, -0.05) is 28.1 Å². The van der Waals surface area contributed by atoms with Crippen molar-refractivity contribution in [3.8, 4) is 0 Å². The first-order valence-corrected chi connectivity index (χ1v) is 5.53. The number of benzene rings is 1. The van der Waals surface area contributed by atoms with E-state index in [-0.39, 0.29) is 6.10 Å². The van der Waals surface area contributed by atoms with Crippen LogP contribution in [-0.2, 0) is 9.47 Å². The molecule has 0 unspecified atom stereocenters. The maximum atomic E-state index is 5.66. The molecule has 2 atom stereocenters. The minimum atomic E-state index is 0.136. The second-order valence-electron chi connectivity index (χ2n) is 3.49. The van der Waals surface area contributed by atoms with Crippen molar-refractivity contribution in [3.63, 3.8) is 0 Å². The van der Waals surface area contributed by atoms with E-state index in [1.807, 2.05) is 12.1 Å². The first-order chi connectivity index (χ1) is 6.75. The lowest BCUT2D eigenvalue weighted by Gasteiger charge is -2.12. The van der Waals surface area contributed by atoms with Gasteiger partial charge in [0, 0.05) is 4.47 Å². The lowest BCUT2D eigenvalue weighted by atomic mass is 10.1. The fourth-order valence-corrected chi connectivity index (χ4v) is 1.69. The van der Waals surface area contributed by atoms with Gasteiger partial charge in [-0.15, -0.1) is 0 Å². The fraction of sp³-hybridized carbons (Fsp3) is 0.455. The van der Waals surface area contributed by atoms with Crippen molar-refractivity contribution in [2.24, 2.45) is 0 Å². The molecule has 1 saturated heterocycles. The summed E-state index contributed by atoms with van der Waals surface area (Å²) in [6, 6.07) is 8.19. The Kier molecular flexibility index (Phi) is 3.21. The Morgan fingerprint density at radius 2 is 2.43 bits per heavy atom. The molecule has 0 saturated carbocycles. The van der Waals surface area contributed by atoms with E-state index in [4.69, 9.17) is 9.47 Å². The lowest BCUT2D eigenvalue weighted by molar-refractivity contribution is 0.0539. The summed E-state index contributed by atoms with van der Waals surface area (Å²) < 4.78 is 11.8. The summed E-state index contributed by atoms with van der Waals surface area (Å²) in [6.45, 7) is 3.61. The second-order valence-corrected chi connectivity index (χ2v) is 4.40. The Labute approximate surface area is 92.3 Å². The quantitative estimate of drug-likeness (QED) is 0.773. The Morgan fingerprint density at radius 3 is 3.07 bits per heavy atom. The monoisotopic (exact) mass is 256 g/mol. The van der Waals surface area contributed by atoms with Crippen LogP contribution < -0.4 is 0 Å². The van der Waals surface area contributed by atoms with Gasteiger partial charge in [-0.25, -0.2) is 0 Å². The third kappa shape index (κ3) is 2.80. The van der Waals surface area contributed by atoms with Gasteiger partial charge in [0.25, 0.3) is 0 Å². The van der Waals surface area contributed by atoms with Crippen molar-refractivity contribution >= 4 is 15.9 Å². The van der Waals surface area contributed by atoms with Crippen LogP contribution in [0.15, 0.2) is 28.7 Å². The largest absolute Gasteiger partial charge is 0.371 e. The van der Waals surface area contributed by atoms with Gasteiger partial charge in [0.1, 0.15) is 6.10 Å². The van der Waals surface area contributed by atoms with E-state index in [1.165, 1.54) is 5.56 Å². The highest BCUT2D eigenvalue weighted by Gasteiger charge is 2.23. The topological polar surface area (TPSA) is 21.8 Å². The first kappa shape index (κ1) is 10.1. The Morgan fingerprint density at radius 1 is 1.64 bits per heavy atom. The zero-order valence-electron chi connectivity index (χ0n) is 8.07. The van der Waals surface area contributed by atoms with Crippen molar-refractivity contribution in [1.82, 2.24) is 0 Å². The molecule has 1 aliphatic rings. The standard InChI is InChI=1S/C11H13BrO2/c1-8(13-6-11-7-14-11)9-3-2-4-10(12)5-9/h2-5,8,11H,6-7H2,1H3/t8-,11-/m0/s1. The zero-order valence-corrected chi connectivity index (χ0v) is 9.66. The van der Waals surface area contributed by atoms with Crippen molar-refractivity contribution < 1.29 is 9.47 Å². The fourth-order valence-electron chi connectivity index (χ4n) is 1.27. The molecule has 1 aliphatic heterocycles. The maximum absolute atomic E-state index is 5.66. The molecular weight excluding hydrogens is 244 g/mol. The highest BCUT2D eigenvalue weighted by atomic mass is 79.9. The van der Waals surface area contributed by atoms with Gasteiger partial charge in [0.05, 0.1) is 19.3 Å².